The number of phenols is 1. The Bertz CT molecular complexity index is 1700. The van der Waals surface area contributed by atoms with E-state index in [-0.39, 0.29) is 40.7 Å². The number of aromatic nitrogens is 1. The van der Waals surface area contributed by atoms with E-state index in [0.717, 1.165) is 16.9 Å². The lowest BCUT2D eigenvalue weighted by molar-refractivity contribution is -0.132. The molecule has 3 aromatic carbocycles. The zero-order valence-corrected chi connectivity index (χ0v) is 21.8. The van der Waals surface area contributed by atoms with E-state index >= 15 is 0 Å². The van der Waals surface area contributed by atoms with Crippen LogP contribution in [0.15, 0.2) is 60.2 Å². The van der Waals surface area contributed by atoms with Crippen molar-refractivity contribution in [1.82, 2.24) is 4.98 Å². The highest BCUT2D eigenvalue weighted by Crippen LogP contribution is 2.46. The highest BCUT2D eigenvalue weighted by molar-refractivity contribution is 7.22. The number of aliphatic hydroxyl groups is 1. The van der Waals surface area contributed by atoms with E-state index in [2.05, 4.69) is 4.98 Å². The number of nitrogens with zero attached hydrogens (tertiary/aromatic N) is 2. The molecule has 2 aliphatic rings. The molecule has 6 rings (SSSR count). The lowest BCUT2D eigenvalue weighted by Crippen LogP contribution is -2.29. The average molecular weight is 547 g/mol. The van der Waals surface area contributed by atoms with Crippen LogP contribution in [0.25, 0.3) is 16.0 Å². The Morgan fingerprint density at radius 1 is 1.18 bits per heavy atom. The molecular weight excluding hydrogens is 523 g/mol. The van der Waals surface area contributed by atoms with E-state index in [1.54, 1.807) is 31.2 Å². The van der Waals surface area contributed by atoms with Crippen LogP contribution in [0.1, 0.15) is 36.6 Å². The van der Waals surface area contributed by atoms with Crippen LogP contribution in [0.3, 0.4) is 0 Å². The SMILES string of the molecule is CCOc1cc(C2/C(=C(\O)c3ccc4c(c3)CC(C)O4)C(=O)C(=O)N2c2nc3ccc(F)cc3s2)ccc1O. The third kappa shape index (κ3) is 4.17. The molecule has 2 N–H and O–H groups in total. The van der Waals surface area contributed by atoms with Gasteiger partial charge in [0.2, 0.25) is 0 Å². The number of Topliss-reactive ketones (excluding diaryl/α,β-unsaturated/α-hetero) is 1. The fourth-order valence-electron chi connectivity index (χ4n) is 5.03. The van der Waals surface area contributed by atoms with E-state index in [9.17, 15) is 24.2 Å². The van der Waals surface area contributed by atoms with Gasteiger partial charge in [0, 0.05) is 12.0 Å². The number of thiazole rings is 1. The van der Waals surface area contributed by atoms with Crippen molar-refractivity contribution in [3.63, 3.8) is 0 Å². The molecule has 0 saturated carbocycles. The molecule has 2 atom stereocenters. The van der Waals surface area contributed by atoms with E-state index in [1.807, 2.05) is 6.92 Å². The molecule has 2 aliphatic heterocycles. The molecule has 1 fully saturated rings. The van der Waals surface area contributed by atoms with Gasteiger partial charge in [-0.3, -0.25) is 14.5 Å². The number of hydrogen-bond donors (Lipinski definition) is 2. The second-order valence-electron chi connectivity index (χ2n) is 9.39. The van der Waals surface area contributed by atoms with E-state index in [1.165, 1.54) is 35.2 Å². The zero-order valence-electron chi connectivity index (χ0n) is 21.0. The van der Waals surface area contributed by atoms with Crippen molar-refractivity contribution in [1.29, 1.82) is 0 Å². The van der Waals surface area contributed by atoms with Crippen molar-refractivity contribution < 1.29 is 33.7 Å². The summed E-state index contributed by atoms with van der Waals surface area (Å²) in [5.74, 6) is -1.81. The van der Waals surface area contributed by atoms with Gasteiger partial charge < -0.3 is 19.7 Å². The van der Waals surface area contributed by atoms with Crippen molar-refractivity contribution in [2.45, 2.75) is 32.4 Å². The lowest BCUT2D eigenvalue weighted by Gasteiger charge is -2.23. The Kier molecular flexibility index (Phi) is 5.99. The fraction of sp³-hybridized carbons (Fsp3) is 0.207. The molecule has 0 radical (unpaired) electrons. The van der Waals surface area contributed by atoms with E-state index in [4.69, 9.17) is 9.47 Å². The summed E-state index contributed by atoms with van der Waals surface area (Å²) in [5, 5.41) is 22.0. The van der Waals surface area contributed by atoms with Gasteiger partial charge in [-0.15, -0.1) is 0 Å². The maximum Gasteiger partial charge on any atom is 0.301 e. The average Bonchev–Trinajstić information content (AvgIpc) is 3.57. The molecule has 1 aromatic heterocycles. The van der Waals surface area contributed by atoms with Crippen molar-refractivity contribution in [3.05, 3.63) is 82.7 Å². The molecule has 2 unspecified atom stereocenters. The number of hydrogen-bond acceptors (Lipinski definition) is 8. The molecule has 0 bridgehead atoms. The van der Waals surface area contributed by atoms with Crippen LogP contribution in [0.5, 0.6) is 17.2 Å². The number of anilines is 1. The highest BCUT2D eigenvalue weighted by Gasteiger charge is 2.48. The number of phenolic OH excluding ortho intramolecular Hbond substituents is 1. The van der Waals surface area contributed by atoms with Crippen LogP contribution in [-0.4, -0.2) is 39.6 Å². The number of rotatable bonds is 5. The Hall–Kier alpha value is -4.44. The van der Waals surface area contributed by atoms with Crippen molar-refractivity contribution in [2.75, 3.05) is 11.5 Å². The summed E-state index contributed by atoms with van der Waals surface area (Å²) in [6, 6.07) is 12.6. The number of amides is 1. The van der Waals surface area contributed by atoms with Gasteiger partial charge in [-0.05, 0) is 73.5 Å². The maximum atomic E-state index is 13.9. The first-order valence-corrected chi connectivity index (χ1v) is 13.2. The maximum absolute atomic E-state index is 13.9. The summed E-state index contributed by atoms with van der Waals surface area (Å²) >= 11 is 1.06. The second kappa shape index (κ2) is 9.39. The summed E-state index contributed by atoms with van der Waals surface area (Å²) < 4.78 is 25.7. The number of ether oxygens (including phenoxy) is 2. The third-order valence-corrected chi connectivity index (χ3v) is 7.78. The van der Waals surface area contributed by atoms with Crippen molar-refractivity contribution in [3.8, 4) is 17.2 Å². The zero-order chi connectivity index (χ0) is 27.4. The van der Waals surface area contributed by atoms with Crippen molar-refractivity contribution in [2.24, 2.45) is 0 Å². The molecule has 198 valence electrons. The highest BCUT2D eigenvalue weighted by atomic mass is 32.1. The van der Waals surface area contributed by atoms with Gasteiger partial charge in [-0.2, -0.15) is 0 Å². The van der Waals surface area contributed by atoms with Crippen LogP contribution < -0.4 is 14.4 Å². The molecule has 10 heteroatoms. The summed E-state index contributed by atoms with van der Waals surface area (Å²) in [6.45, 7) is 3.98. The number of carbonyl (C=O) groups excluding carboxylic acids is 2. The Morgan fingerprint density at radius 3 is 2.79 bits per heavy atom. The van der Waals surface area contributed by atoms with Crippen LogP contribution in [0, 0.1) is 5.82 Å². The first-order chi connectivity index (χ1) is 18.7. The minimum Gasteiger partial charge on any atom is -0.507 e. The Balaban J connectivity index is 1.55. The monoisotopic (exact) mass is 546 g/mol. The minimum absolute atomic E-state index is 0.0131. The number of ketones is 1. The number of aliphatic hydroxyl groups excluding tert-OH is 1. The first-order valence-electron chi connectivity index (χ1n) is 12.4. The molecule has 3 heterocycles. The fourth-order valence-corrected chi connectivity index (χ4v) is 6.05. The molecule has 0 spiro atoms. The third-order valence-electron chi connectivity index (χ3n) is 6.76. The number of fused-ring (bicyclic) bond motifs is 2. The lowest BCUT2D eigenvalue weighted by atomic mass is 9.94. The molecule has 8 nitrogen and oxygen atoms in total. The van der Waals surface area contributed by atoms with Gasteiger partial charge >= 0.3 is 5.91 Å². The number of halogens is 1. The Labute approximate surface area is 226 Å². The smallest absolute Gasteiger partial charge is 0.301 e. The van der Waals surface area contributed by atoms with E-state index < -0.39 is 23.5 Å². The number of benzene rings is 3. The Morgan fingerprint density at radius 2 is 2.00 bits per heavy atom. The summed E-state index contributed by atoms with van der Waals surface area (Å²) in [5.41, 5.74) is 2.00. The largest absolute Gasteiger partial charge is 0.507 e. The summed E-state index contributed by atoms with van der Waals surface area (Å²) in [4.78, 5) is 32.7. The molecule has 0 aliphatic carbocycles. The molecule has 1 amide bonds. The van der Waals surface area contributed by atoms with Gasteiger partial charge in [-0.25, -0.2) is 9.37 Å². The van der Waals surface area contributed by atoms with Gasteiger partial charge in [0.15, 0.2) is 16.6 Å². The van der Waals surface area contributed by atoms with Crippen molar-refractivity contribution >= 4 is 44.1 Å². The number of aromatic hydroxyl groups is 1. The molecule has 39 heavy (non-hydrogen) atoms. The van der Waals surface area contributed by atoms with Crippen LogP contribution >= 0.6 is 11.3 Å². The standard InChI is InChI=1S/C29H23FN2O6S/c1-3-37-22-12-15(4-8-20(22)33)25-24(26(34)16-5-9-21-17(11-16)10-14(2)38-21)27(35)28(36)32(25)29-31-19-7-6-18(30)13-23(19)39-29/h4-9,11-14,25,33-34H,3,10H2,1-2H3/b26-24+. The van der Waals surface area contributed by atoms with Gasteiger partial charge in [-0.1, -0.05) is 17.4 Å². The predicted molar refractivity (Wildman–Crippen MR) is 144 cm³/mol. The molecular formula is C29H23FN2O6S. The second-order valence-corrected chi connectivity index (χ2v) is 10.4. The van der Waals surface area contributed by atoms with Crippen LogP contribution in [0.2, 0.25) is 0 Å². The van der Waals surface area contributed by atoms with Gasteiger partial charge in [0.1, 0.15) is 23.4 Å². The van der Waals surface area contributed by atoms with Crippen LogP contribution in [-0.2, 0) is 16.0 Å². The predicted octanol–water partition coefficient (Wildman–Crippen LogP) is 5.49. The normalized spacial score (nSPS) is 19.9. The number of carbonyl (C=O) groups is 2. The minimum atomic E-state index is -1.08. The van der Waals surface area contributed by atoms with Gasteiger partial charge in [0.05, 0.1) is 28.4 Å². The van der Waals surface area contributed by atoms with Crippen LogP contribution in [0.4, 0.5) is 9.52 Å². The first kappa shape index (κ1) is 24.9. The van der Waals surface area contributed by atoms with Gasteiger partial charge in [0.25, 0.3) is 5.78 Å². The quantitative estimate of drug-likeness (QED) is 0.194. The topological polar surface area (TPSA) is 109 Å². The molecule has 4 aromatic rings. The summed E-state index contributed by atoms with van der Waals surface area (Å²) in [7, 11) is 0. The summed E-state index contributed by atoms with van der Waals surface area (Å²) in [6.07, 6.45) is 0.632. The van der Waals surface area contributed by atoms with E-state index in [0.29, 0.717) is 33.5 Å². The molecule has 1 saturated heterocycles.